The molecule has 0 saturated carbocycles. The molecule has 0 saturated heterocycles. The van der Waals surface area contributed by atoms with Crippen molar-refractivity contribution >= 4 is 17.2 Å². The monoisotopic (exact) mass is 328 g/mol. The maximum Gasteiger partial charge on any atom is 0.417 e. The van der Waals surface area contributed by atoms with Crippen molar-refractivity contribution < 1.29 is 17.9 Å². The van der Waals surface area contributed by atoms with Crippen LogP contribution in [0.25, 0.3) is 0 Å². The quantitative estimate of drug-likeness (QED) is 0.651. The number of aryl methyl sites for hydroxylation is 2. The smallest absolute Gasteiger partial charge is 0.417 e. The van der Waals surface area contributed by atoms with Gasteiger partial charge < -0.3 is 10.5 Å². The summed E-state index contributed by atoms with van der Waals surface area (Å²) < 4.78 is 44.0. The van der Waals surface area contributed by atoms with Crippen LogP contribution < -0.4 is 10.5 Å². The van der Waals surface area contributed by atoms with Gasteiger partial charge in [0.25, 0.3) is 0 Å². The van der Waals surface area contributed by atoms with E-state index in [0.29, 0.717) is 11.3 Å². The molecular formula is C15H15F3N2OS. The Balaban J connectivity index is 2.21. The predicted molar refractivity (Wildman–Crippen MR) is 80.6 cm³/mol. The summed E-state index contributed by atoms with van der Waals surface area (Å²) in [6.45, 7) is 3.39. The van der Waals surface area contributed by atoms with Gasteiger partial charge in [-0.3, -0.25) is 5.41 Å². The average molecular weight is 328 g/mol. The Morgan fingerprint density at radius 1 is 1.27 bits per heavy atom. The van der Waals surface area contributed by atoms with Gasteiger partial charge in [0.05, 0.1) is 10.4 Å². The van der Waals surface area contributed by atoms with Gasteiger partial charge in [-0.1, -0.05) is 0 Å². The van der Waals surface area contributed by atoms with E-state index < -0.39 is 11.7 Å². The van der Waals surface area contributed by atoms with E-state index in [1.165, 1.54) is 5.38 Å². The molecule has 2 rings (SSSR count). The van der Waals surface area contributed by atoms with Crippen molar-refractivity contribution in [2.24, 2.45) is 5.73 Å². The number of halogens is 3. The van der Waals surface area contributed by atoms with Crippen LogP contribution in [0.1, 0.15) is 27.1 Å². The highest BCUT2D eigenvalue weighted by Gasteiger charge is 2.34. The number of amidine groups is 1. The zero-order valence-corrected chi connectivity index (χ0v) is 12.9. The van der Waals surface area contributed by atoms with Crippen LogP contribution in [0, 0.1) is 19.3 Å². The molecule has 3 N–H and O–H groups in total. The summed E-state index contributed by atoms with van der Waals surface area (Å²) in [5.41, 5.74) is 6.87. The lowest BCUT2D eigenvalue weighted by molar-refractivity contribution is -0.138. The van der Waals surface area contributed by atoms with Gasteiger partial charge in [-0.25, -0.2) is 0 Å². The Hall–Kier alpha value is -2.02. The topological polar surface area (TPSA) is 59.1 Å². The first-order valence-corrected chi connectivity index (χ1v) is 7.30. The van der Waals surface area contributed by atoms with Crippen molar-refractivity contribution in [1.82, 2.24) is 0 Å². The van der Waals surface area contributed by atoms with E-state index in [0.717, 1.165) is 28.5 Å². The zero-order chi connectivity index (χ0) is 16.5. The first kappa shape index (κ1) is 16.4. The standard InChI is InChI=1S/C15H15F3N2OS/c1-8-6-12(9(2)5-10(8)14(19)20)21-7-13-11(3-4-22-13)15(16,17)18/h3-6H,7H2,1-2H3,(H3,19,20). The number of nitrogens with two attached hydrogens (primary N) is 1. The number of hydrogen-bond acceptors (Lipinski definition) is 3. The van der Waals surface area contributed by atoms with Gasteiger partial charge in [-0.2, -0.15) is 13.2 Å². The maximum atomic E-state index is 12.8. The summed E-state index contributed by atoms with van der Waals surface area (Å²) in [5.74, 6) is 0.439. The zero-order valence-electron chi connectivity index (χ0n) is 12.0. The third-order valence-corrected chi connectivity index (χ3v) is 4.12. The number of benzene rings is 1. The molecule has 1 aromatic heterocycles. The van der Waals surface area contributed by atoms with Gasteiger partial charge in [-0.15, -0.1) is 11.3 Å². The molecule has 118 valence electrons. The Morgan fingerprint density at radius 2 is 1.95 bits per heavy atom. The van der Waals surface area contributed by atoms with Gasteiger partial charge in [0.15, 0.2) is 0 Å². The number of hydrogen-bond donors (Lipinski definition) is 2. The number of nitrogen functional groups attached to an aromatic ring is 1. The fourth-order valence-corrected chi connectivity index (χ4v) is 2.89. The number of nitrogens with one attached hydrogen (secondary N) is 1. The van der Waals surface area contributed by atoms with Crippen LogP contribution in [0.15, 0.2) is 23.6 Å². The first-order chi connectivity index (χ1) is 10.2. The molecule has 3 nitrogen and oxygen atoms in total. The molecule has 0 spiro atoms. The van der Waals surface area contributed by atoms with E-state index in [-0.39, 0.29) is 17.3 Å². The molecule has 2 aromatic rings. The second kappa shape index (κ2) is 6.00. The van der Waals surface area contributed by atoms with E-state index in [1.807, 2.05) is 0 Å². The highest BCUT2D eigenvalue weighted by molar-refractivity contribution is 7.10. The number of rotatable bonds is 4. The van der Waals surface area contributed by atoms with E-state index in [1.54, 1.807) is 26.0 Å². The lowest BCUT2D eigenvalue weighted by Crippen LogP contribution is -2.13. The molecule has 0 atom stereocenters. The Bertz CT molecular complexity index is 707. The largest absolute Gasteiger partial charge is 0.488 e. The van der Waals surface area contributed by atoms with Gasteiger partial charge in [0.2, 0.25) is 0 Å². The summed E-state index contributed by atoms with van der Waals surface area (Å²) in [4.78, 5) is 0.139. The minimum atomic E-state index is -4.37. The minimum absolute atomic E-state index is 0.0511. The highest BCUT2D eigenvalue weighted by Crippen LogP contribution is 2.35. The number of thiophene rings is 1. The number of ether oxygens (including phenoxy) is 1. The first-order valence-electron chi connectivity index (χ1n) is 6.42. The fraction of sp³-hybridized carbons (Fsp3) is 0.267. The van der Waals surface area contributed by atoms with Crippen LogP contribution in [-0.2, 0) is 12.8 Å². The number of alkyl halides is 3. The molecular weight excluding hydrogens is 313 g/mol. The summed E-state index contributed by atoms with van der Waals surface area (Å²) >= 11 is 1.01. The van der Waals surface area contributed by atoms with Crippen molar-refractivity contribution in [3.63, 3.8) is 0 Å². The third-order valence-electron chi connectivity index (χ3n) is 3.22. The van der Waals surface area contributed by atoms with Crippen molar-refractivity contribution in [3.05, 3.63) is 50.7 Å². The molecule has 0 aliphatic rings. The predicted octanol–water partition coefficient (Wildman–Crippen LogP) is 4.25. The molecule has 0 fully saturated rings. The van der Waals surface area contributed by atoms with Crippen LogP contribution in [0.4, 0.5) is 13.2 Å². The molecule has 0 bridgehead atoms. The van der Waals surface area contributed by atoms with E-state index in [2.05, 4.69) is 0 Å². The van der Waals surface area contributed by atoms with Crippen LogP contribution in [0.5, 0.6) is 5.75 Å². The molecule has 1 heterocycles. The fourth-order valence-electron chi connectivity index (χ4n) is 2.08. The van der Waals surface area contributed by atoms with Gasteiger partial charge in [0, 0.05) is 5.56 Å². The van der Waals surface area contributed by atoms with Crippen molar-refractivity contribution in [1.29, 1.82) is 5.41 Å². The molecule has 0 aliphatic heterocycles. The Labute approximate surface area is 130 Å². The summed E-state index contributed by atoms with van der Waals surface area (Å²) in [5, 5.41) is 8.87. The van der Waals surface area contributed by atoms with Gasteiger partial charge in [-0.05, 0) is 48.6 Å². The normalized spacial score (nSPS) is 11.5. The Kier molecular flexibility index (Phi) is 4.46. The van der Waals surface area contributed by atoms with Gasteiger partial charge >= 0.3 is 6.18 Å². The van der Waals surface area contributed by atoms with Crippen molar-refractivity contribution in [2.45, 2.75) is 26.6 Å². The minimum Gasteiger partial charge on any atom is -0.488 e. The molecule has 0 aliphatic carbocycles. The average Bonchev–Trinajstić information content (AvgIpc) is 2.87. The maximum absolute atomic E-state index is 12.8. The summed E-state index contributed by atoms with van der Waals surface area (Å²) in [6.07, 6.45) is -4.37. The third kappa shape index (κ3) is 3.41. The molecule has 7 heteroatoms. The Morgan fingerprint density at radius 3 is 2.55 bits per heavy atom. The van der Waals surface area contributed by atoms with E-state index >= 15 is 0 Å². The molecule has 0 amide bonds. The lowest BCUT2D eigenvalue weighted by Gasteiger charge is -2.13. The van der Waals surface area contributed by atoms with Crippen LogP contribution >= 0.6 is 11.3 Å². The highest BCUT2D eigenvalue weighted by atomic mass is 32.1. The van der Waals surface area contributed by atoms with E-state index in [9.17, 15) is 13.2 Å². The van der Waals surface area contributed by atoms with Crippen LogP contribution in [0.2, 0.25) is 0 Å². The SMILES string of the molecule is Cc1cc(C(=N)N)c(C)cc1OCc1sccc1C(F)(F)F. The van der Waals surface area contributed by atoms with E-state index in [4.69, 9.17) is 15.9 Å². The van der Waals surface area contributed by atoms with Crippen LogP contribution in [-0.4, -0.2) is 5.84 Å². The summed E-state index contributed by atoms with van der Waals surface area (Å²) in [7, 11) is 0. The molecule has 1 aromatic carbocycles. The molecule has 0 unspecified atom stereocenters. The second-order valence-corrected chi connectivity index (χ2v) is 5.89. The molecule has 22 heavy (non-hydrogen) atoms. The lowest BCUT2D eigenvalue weighted by atomic mass is 10.0. The second-order valence-electron chi connectivity index (χ2n) is 4.89. The van der Waals surface area contributed by atoms with Crippen molar-refractivity contribution in [3.8, 4) is 5.75 Å². The van der Waals surface area contributed by atoms with Crippen LogP contribution in [0.3, 0.4) is 0 Å². The molecule has 0 radical (unpaired) electrons. The van der Waals surface area contributed by atoms with Gasteiger partial charge in [0.1, 0.15) is 18.2 Å². The summed E-state index contributed by atoms with van der Waals surface area (Å²) in [6, 6.07) is 4.44. The van der Waals surface area contributed by atoms with Crippen molar-refractivity contribution in [2.75, 3.05) is 0 Å².